The molecule has 0 saturated heterocycles. The number of nitrogens with one attached hydrogen (secondary N) is 1. The van der Waals surface area contributed by atoms with E-state index in [0.29, 0.717) is 5.56 Å². The molecule has 1 aromatic carbocycles. The van der Waals surface area contributed by atoms with Crippen molar-refractivity contribution in [3.8, 4) is 5.75 Å². The average molecular weight is 222 g/mol. The Morgan fingerprint density at radius 3 is 2.62 bits per heavy atom. The highest BCUT2D eigenvalue weighted by Crippen LogP contribution is 2.26. The van der Waals surface area contributed by atoms with E-state index >= 15 is 0 Å². The summed E-state index contributed by atoms with van der Waals surface area (Å²) in [7, 11) is 0. The molecule has 1 aliphatic rings. The quantitative estimate of drug-likeness (QED) is 0.609. The molecule has 3 N–H and O–H groups in total. The van der Waals surface area contributed by atoms with Gasteiger partial charge in [0.15, 0.2) is 11.6 Å². The first-order valence-corrected chi connectivity index (χ1v) is 5.47. The van der Waals surface area contributed by atoms with Crippen LogP contribution in [0.1, 0.15) is 31.2 Å². The van der Waals surface area contributed by atoms with E-state index in [1.807, 2.05) is 0 Å². The van der Waals surface area contributed by atoms with Crippen molar-refractivity contribution < 1.29 is 9.13 Å². The first-order valence-electron chi connectivity index (χ1n) is 5.47. The molecule has 2 rings (SSSR count). The standard InChI is InChI=1S/C12H15FN2O/c13-10-7-8(12(14)15)5-6-11(10)16-9-3-1-2-4-9/h5-7,9H,1-4H2,(H3,14,15). The summed E-state index contributed by atoms with van der Waals surface area (Å²) in [5, 5.41) is 7.20. The maximum Gasteiger partial charge on any atom is 0.165 e. The second-order valence-electron chi connectivity index (χ2n) is 4.08. The van der Waals surface area contributed by atoms with Gasteiger partial charge in [-0.05, 0) is 43.9 Å². The molecular weight excluding hydrogens is 207 g/mol. The first-order chi connectivity index (χ1) is 7.66. The van der Waals surface area contributed by atoms with E-state index in [2.05, 4.69) is 0 Å². The van der Waals surface area contributed by atoms with Crippen molar-refractivity contribution in [2.75, 3.05) is 0 Å². The fourth-order valence-electron chi connectivity index (χ4n) is 1.95. The average Bonchev–Trinajstić information content (AvgIpc) is 2.73. The van der Waals surface area contributed by atoms with Crippen molar-refractivity contribution in [1.82, 2.24) is 0 Å². The Morgan fingerprint density at radius 1 is 1.38 bits per heavy atom. The van der Waals surface area contributed by atoms with E-state index in [1.54, 1.807) is 12.1 Å². The molecule has 0 spiro atoms. The number of nitrogen functional groups attached to an aromatic ring is 1. The molecule has 0 heterocycles. The number of ether oxygens (including phenoxy) is 1. The monoisotopic (exact) mass is 222 g/mol. The largest absolute Gasteiger partial charge is 0.487 e. The smallest absolute Gasteiger partial charge is 0.165 e. The summed E-state index contributed by atoms with van der Waals surface area (Å²) in [4.78, 5) is 0. The van der Waals surface area contributed by atoms with Gasteiger partial charge in [-0.1, -0.05) is 0 Å². The van der Waals surface area contributed by atoms with Gasteiger partial charge in [-0.3, -0.25) is 5.41 Å². The van der Waals surface area contributed by atoms with E-state index in [1.165, 1.54) is 6.07 Å². The van der Waals surface area contributed by atoms with Crippen molar-refractivity contribution in [3.05, 3.63) is 29.6 Å². The fraction of sp³-hybridized carbons (Fsp3) is 0.417. The van der Waals surface area contributed by atoms with Gasteiger partial charge in [0.1, 0.15) is 5.84 Å². The Hall–Kier alpha value is -1.58. The zero-order valence-electron chi connectivity index (χ0n) is 9.00. The summed E-state index contributed by atoms with van der Waals surface area (Å²) in [6.07, 6.45) is 4.43. The van der Waals surface area contributed by atoms with Gasteiger partial charge >= 0.3 is 0 Å². The molecule has 1 saturated carbocycles. The summed E-state index contributed by atoms with van der Waals surface area (Å²) in [5.41, 5.74) is 5.66. The highest BCUT2D eigenvalue weighted by Gasteiger charge is 2.18. The Morgan fingerprint density at radius 2 is 2.06 bits per heavy atom. The van der Waals surface area contributed by atoms with Gasteiger partial charge in [-0.15, -0.1) is 0 Å². The van der Waals surface area contributed by atoms with Crippen LogP contribution in [0.2, 0.25) is 0 Å². The summed E-state index contributed by atoms with van der Waals surface area (Å²) >= 11 is 0. The number of amidine groups is 1. The number of hydrogen-bond acceptors (Lipinski definition) is 2. The van der Waals surface area contributed by atoms with Crippen LogP contribution in [0.3, 0.4) is 0 Å². The van der Waals surface area contributed by atoms with E-state index < -0.39 is 5.82 Å². The Bertz CT molecular complexity index is 400. The molecule has 1 aromatic rings. The van der Waals surface area contributed by atoms with Crippen molar-refractivity contribution in [1.29, 1.82) is 5.41 Å². The number of rotatable bonds is 3. The molecule has 0 unspecified atom stereocenters. The molecule has 4 heteroatoms. The maximum absolute atomic E-state index is 13.6. The van der Waals surface area contributed by atoms with Crippen LogP contribution in [0.5, 0.6) is 5.75 Å². The van der Waals surface area contributed by atoms with Crippen LogP contribution in [-0.4, -0.2) is 11.9 Å². The molecule has 0 radical (unpaired) electrons. The molecule has 86 valence electrons. The Labute approximate surface area is 93.9 Å². The zero-order chi connectivity index (χ0) is 11.5. The summed E-state index contributed by atoms with van der Waals surface area (Å²) in [6, 6.07) is 4.40. The van der Waals surface area contributed by atoms with Gasteiger partial charge in [0, 0.05) is 5.56 Å². The third-order valence-electron chi connectivity index (χ3n) is 2.84. The molecule has 1 aliphatic carbocycles. The van der Waals surface area contributed by atoms with Crippen molar-refractivity contribution >= 4 is 5.84 Å². The summed E-state index contributed by atoms with van der Waals surface area (Å²) < 4.78 is 19.1. The molecule has 0 amide bonds. The van der Waals surface area contributed by atoms with Crippen LogP contribution in [0.4, 0.5) is 4.39 Å². The number of nitrogens with two attached hydrogens (primary N) is 1. The van der Waals surface area contributed by atoms with Crippen LogP contribution in [-0.2, 0) is 0 Å². The lowest BCUT2D eigenvalue weighted by Gasteiger charge is -2.13. The second-order valence-corrected chi connectivity index (χ2v) is 4.08. The molecule has 16 heavy (non-hydrogen) atoms. The van der Waals surface area contributed by atoms with Crippen LogP contribution >= 0.6 is 0 Å². The maximum atomic E-state index is 13.6. The topological polar surface area (TPSA) is 59.1 Å². The van der Waals surface area contributed by atoms with Gasteiger partial charge in [0.2, 0.25) is 0 Å². The molecule has 0 aliphatic heterocycles. The third kappa shape index (κ3) is 2.32. The molecule has 0 aromatic heterocycles. The van der Waals surface area contributed by atoms with E-state index in [0.717, 1.165) is 25.7 Å². The van der Waals surface area contributed by atoms with Gasteiger partial charge < -0.3 is 10.5 Å². The minimum absolute atomic E-state index is 0.133. The first kappa shape index (κ1) is 10.9. The minimum atomic E-state index is -0.445. The fourth-order valence-corrected chi connectivity index (χ4v) is 1.95. The van der Waals surface area contributed by atoms with E-state index in [4.69, 9.17) is 15.9 Å². The third-order valence-corrected chi connectivity index (χ3v) is 2.84. The highest BCUT2D eigenvalue weighted by molar-refractivity contribution is 5.95. The van der Waals surface area contributed by atoms with E-state index in [-0.39, 0.29) is 17.7 Å². The van der Waals surface area contributed by atoms with E-state index in [9.17, 15) is 4.39 Å². The predicted molar refractivity (Wildman–Crippen MR) is 60.3 cm³/mol. The number of benzene rings is 1. The second kappa shape index (κ2) is 4.51. The van der Waals surface area contributed by atoms with Crippen molar-refractivity contribution in [2.45, 2.75) is 31.8 Å². The minimum Gasteiger partial charge on any atom is -0.487 e. The van der Waals surface area contributed by atoms with Crippen molar-refractivity contribution in [3.63, 3.8) is 0 Å². The highest BCUT2D eigenvalue weighted by atomic mass is 19.1. The SMILES string of the molecule is N=C(N)c1ccc(OC2CCCC2)c(F)c1. The van der Waals surface area contributed by atoms with Crippen molar-refractivity contribution in [2.24, 2.45) is 5.73 Å². The summed E-state index contributed by atoms with van der Waals surface area (Å²) in [6.45, 7) is 0. The zero-order valence-corrected chi connectivity index (χ0v) is 9.00. The molecule has 0 atom stereocenters. The number of hydrogen-bond donors (Lipinski definition) is 2. The van der Waals surface area contributed by atoms with Crippen LogP contribution in [0.15, 0.2) is 18.2 Å². The van der Waals surface area contributed by atoms with Gasteiger partial charge in [0.05, 0.1) is 6.10 Å². The Kier molecular flexibility index (Phi) is 3.08. The molecule has 3 nitrogen and oxygen atoms in total. The molecule has 0 bridgehead atoms. The van der Waals surface area contributed by atoms with Crippen LogP contribution in [0, 0.1) is 11.2 Å². The summed E-state index contributed by atoms with van der Waals surface area (Å²) in [5.74, 6) is -0.317. The van der Waals surface area contributed by atoms with Crippen LogP contribution in [0.25, 0.3) is 0 Å². The Balaban J connectivity index is 2.12. The predicted octanol–water partition coefficient (Wildman–Crippen LogP) is 2.43. The lowest BCUT2D eigenvalue weighted by molar-refractivity contribution is 0.200. The van der Waals surface area contributed by atoms with Gasteiger partial charge in [-0.2, -0.15) is 0 Å². The van der Waals surface area contributed by atoms with Gasteiger partial charge in [-0.25, -0.2) is 4.39 Å². The number of halogens is 1. The lowest BCUT2D eigenvalue weighted by Crippen LogP contribution is -2.14. The molecular formula is C12H15FN2O. The lowest BCUT2D eigenvalue weighted by atomic mass is 10.2. The van der Waals surface area contributed by atoms with Crippen LogP contribution < -0.4 is 10.5 Å². The molecule has 1 fully saturated rings. The van der Waals surface area contributed by atoms with Gasteiger partial charge in [0.25, 0.3) is 0 Å². The normalized spacial score (nSPS) is 16.3.